The third-order valence-electron chi connectivity index (χ3n) is 15.1. The second-order valence-corrected chi connectivity index (χ2v) is 20.1. The molecule has 0 aromatic carbocycles. The number of aliphatic hydroxyl groups is 1. The standard InChI is InChI=1S/C46H69N11O8/c1-22(58)21-53-39(65)15-8-24-25(16-36(50)62)42-46(7)45(6,20-38(52)64)27(10-13-34(48)60)30(57-46)18-32-44(5,19-37(51)63)26(9-12-33(47)59)29(54-32)17-31-43(3,4)28(11-14-35(49)61)41(55-31)23(2)40(24)56-42/h17-18,22,24-28,42,54,58H,8-16,19-21H2,1-7H3,(H2,47,59)(H2,48,60)(H2,49,61)(H2,50,62)(H2,51,63)(H2,52,64)(H,53,65)/b29-17-,32-18-,41-23-/t22-,24-,25-,26-,27-,28-,42?,44+,45+,46-/m1/s1. The van der Waals surface area contributed by atoms with Crippen molar-refractivity contribution < 1.29 is 38.7 Å². The van der Waals surface area contributed by atoms with Crippen molar-refractivity contribution in [3.05, 3.63) is 34.8 Å². The third kappa shape index (κ3) is 10.1. The molecule has 0 aromatic heterocycles. The summed E-state index contributed by atoms with van der Waals surface area (Å²) >= 11 is 0. The average Bonchev–Trinajstić information content (AvgIpc) is 3.80. The molecule has 19 heteroatoms. The van der Waals surface area contributed by atoms with E-state index in [1.54, 1.807) is 6.92 Å². The molecule has 0 radical (unpaired) electrons. The fourth-order valence-corrected chi connectivity index (χ4v) is 11.5. The molecule has 0 aromatic rings. The highest BCUT2D eigenvalue weighted by molar-refractivity contribution is 6.08. The number of allylic oxidation sites excluding steroid dienone is 6. The Morgan fingerprint density at radius 3 is 1.86 bits per heavy atom. The number of fused-ring (bicyclic) bond motifs is 6. The summed E-state index contributed by atoms with van der Waals surface area (Å²) in [6.07, 6.45) is 3.16. The number of nitrogens with two attached hydrogens (primary N) is 6. The molecule has 5 aliphatic rings. The van der Waals surface area contributed by atoms with Crippen LogP contribution in [0, 0.1) is 45.8 Å². The van der Waals surface area contributed by atoms with Crippen molar-refractivity contribution in [3.8, 4) is 0 Å². The van der Waals surface area contributed by atoms with E-state index in [0.717, 1.165) is 0 Å². The minimum atomic E-state index is -1.35. The first-order chi connectivity index (χ1) is 30.2. The van der Waals surface area contributed by atoms with Crippen molar-refractivity contribution >= 4 is 58.5 Å². The smallest absolute Gasteiger partial charge is 0.220 e. The van der Waals surface area contributed by atoms with Gasteiger partial charge in [-0.05, 0) is 64.2 Å². The molecule has 10 atom stereocenters. The SMILES string of the molecule is C/C1=C2N=C(/C=C3\N/C(=C\C4=N[C@](C)(C5N=C1[C@H](CCC(=O)NC[C@@H](C)O)[C@H]5CC(N)=O)[C@@](C)(CC(N)=O)[C@@H]4CCC(N)=O)[C@@](C)(CC(N)=O)[C@@H]3CCC(N)=O)C(C)(C)[C@@H]/2CCC(N)=O. The fraction of sp³-hybridized carbons (Fsp3) is 0.652. The summed E-state index contributed by atoms with van der Waals surface area (Å²) in [4.78, 5) is 107. The summed E-state index contributed by atoms with van der Waals surface area (Å²) in [5.74, 6) is -6.73. The van der Waals surface area contributed by atoms with Crippen molar-refractivity contribution in [3.63, 3.8) is 0 Å². The molecule has 15 N–H and O–H groups in total. The predicted octanol–water partition coefficient (Wildman–Crippen LogP) is 0.956. The summed E-state index contributed by atoms with van der Waals surface area (Å²) in [6.45, 7) is 13.1. The molecule has 1 saturated heterocycles. The van der Waals surface area contributed by atoms with Gasteiger partial charge in [0.05, 0.1) is 17.7 Å². The summed E-state index contributed by atoms with van der Waals surface area (Å²) in [6, 6.07) is -0.875. The lowest BCUT2D eigenvalue weighted by Crippen LogP contribution is -2.55. The van der Waals surface area contributed by atoms with Crippen molar-refractivity contribution in [1.82, 2.24) is 10.6 Å². The number of nitrogens with zero attached hydrogens (tertiary/aromatic N) is 3. The van der Waals surface area contributed by atoms with Gasteiger partial charge in [-0.15, -0.1) is 0 Å². The van der Waals surface area contributed by atoms with Crippen LogP contribution in [0.1, 0.15) is 119 Å². The molecule has 5 heterocycles. The average molecular weight is 904 g/mol. The molecule has 8 bridgehead atoms. The second-order valence-electron chi connectivity index (χ2n) is 20.1. The van der Waals surface area contributed by atoms with Gasteiger partial charge >= 0.3 is 0 Å². The van der Waals surface area contributed by atoms with Gasteiger partial charge in [0.1, 0.15) is 0 Å². The molecule has 1 unspecified atom stereocenters. The zero-order valence-electron chi connectivity index (χ0n) is 38.8. The van der Waals surface area contributed by atoms with Crippen molar-refractivity contribution in [2.45, 2.75) is 137 Å². The van der Waals surface area contributed by atoms with Crippen LogP contribution in [-0.2, 0) is 33.6 Å². The maximum atomic E-state index is 13.3. The molecule has 65 heavy (non-hydrogen) atoms. The first-order valence-electron chi connectivity index (χ1n) is 22.5. The maximum Gasteiger partial charge on any atom is 0.220 e. The molecule has 0 spiro atoms. The van der Waals surface area contributed by atoms with Crippen molar-refractivity contribution in [1.29, 1.82) is 0 Å². The Morgan fingerprint density at radius 1 is 0.754 bits per heavy atom. The van der Waals surface area contributed by atoms with E-state index in [2.05, 4.69) is 10.6 Å². The normalized spacial score (nSPS) is 34.2. The number of carbonyl (C=O) groups excluding carboxylic acids is 7. The van der Waals surface area contributed by atoms with E-state index in [-0.39, 0.29) is 76.7 Å². The Balaban J connectivity index is 1.93. The Morgan fingerprint density at radius 2 is 1.32 bits per heavy atom. The van der Waals surface area contributed by atoms with E-state index in [1.807, 2.05) is 53.7 Å². The number of hydrogen-bond donors (Lipinski definition) is 9. The molecular weight excluding hydrogens is 835 g/mol. The van der Waals surface area contributed by atoms with E-state index in [9.17, 15) is 38.7 Å². The van der Waals surface area contributed by atoms with Crippen LogP contribution < -0.4 is 45.0 Å². The second kappa shape index (κ2) is 19.0. The minimum absolute atomic E-state index is 0.00780. The van der Waals surface area contributed by atoms with Crippen LogP contribution in [0.3, 0.4) is 0 Å². The van der Waals surface area contributed by atoms with Crippen LogP contribution >= 0.6 is 0 Å². The highest BCUT2D eigenvalue weighted by Gasteiger charge is 2.64. The van der Waals surface area contributed by atoms with Crippen LogP contribution in [0.4, 0.5) is 0 Å². The monoisotopic (exact) mass is 904 g/mol. The van der Waals surface area contributed by atoms with Crippen molar-refractivity contribution in [2.75, 3.05) is 6.54 Å². The van der Waals surface area contributed by atoms with E-state index in [0.29, 0.717) is 46.2 Å². The molecule has 0 aliphatic carbocycles. The summed E-state index contributed by atoms with van der Waals surface area (Å²) in [5.41, 5.74) is 35.1. The number of hydrogen-bond acceptors (Lipinski definition) is 12. The van der Waals surface area contributed by atoms with Crippen LogP contribution in [0.5, 0.6) is 0 Å². The van der Waals surface area contributed by atoms with Gasteiger partial charge in [0, 0.05) is 132 Å². The fourth-order valence-electron chi connectivity index (χ4n) is 11.5. The molecule has 5 aliphatic heterocycles. The molecule has 356 valence electrons. The first-order valence-corrected chi connectivity index (χ1v) is 22.5. The Hall–Kier alpha value is -5.72. The topological polar surface area (TPSA) is 357 Å². The van der Waals surface area contributed by atoms with E-state index in [4.69, 9.17) is 49.4 Å². The van der Waals surface area contributed by atoms with Gasteiger partial charge in [-0.1, -0.05) is 27.7 Å². The Labute approximate surface area is 380 Å². The van der Waals surface area contributed by atoms with Crippen LogP contribution in [0.25, 0.3) is 0 Å². The number of aliphatic imine (C=N–C) groups is 3. The number of nitrogens with one attached hydrogen (secondary N) is 2. The molecule has 7 amide bonds. The summed E-state index contributed by atoms with van der Waals surface area (Å²) in [5, 5.41) is 16.2. The highest BCUT2D eigenvalue weighted by Crippen LogP contribution is 2.59. The number of carbonyl (C=O) groups is 7. The molecular formula is C46H69N11O8. The Kier molecular flexibility index (Phi) is 14.7. The summed E-state index contributed by atoms with van der Waals surface area (Å²) < 4.78 is 0. The lowest BCUT2D eigenvalue weighted by Gasteiger charge is -2.47. The zero-order valence-corrected chi connectivity index (χ0v) is 38.8. The zero-order chi connectivity index (χ0) is 48.6. The minimum Gasteiger partial charge on any atom is -0.392 e. The van der Waals surface area contributed by atoms with Gasteiger partial charge < -0.3 is 50.1 Å². The third-order valence-corrected chi connectivity index (χ3v) is 15.1. The van der Waals surface area contributed by atoms with Gasteiger partial charge in [-0.2, -0.15) is 0 Å². The van der Waals surface area contributed by atoms with Gasteiger partial charge in [0.15, 0.2) is 0 Å². The molecule has 5 rings (SSSR count). The molecule has 1 fully saturated rings. The van der Waals surface area contributed by atoms with E-state index >= 15 is 0 Å². The first kappa shape index (κ1) is 50.3. The summed E-state index contributed by atoms with van der Waals surface area (Å²) in [7, 11) is 0. The largest absolute Gasteiger partial charge is 0.392 e. The number of aliphatic hydroxyl groups excluding tert-OH is 1. The predicted molar refractivity (Wildman–Crippen MR) is 245 cm³/mol. The number of primary amides is 6. The lowest BCUT2D eigenvalue weighted by atomic mass is 9.57. The number of amides is 7. The Bertz CT molecular complexity index is 2210. The molecule has 19 nitrogen and oxygen atoms in total. The van der Waals surface area contributed by atoms with Crippen LogP contribution in [-0.4, -0.2) is 87.8 Å². The van der Waals surface area contributed by atoms with Crippen LogP contribution in [0.15, 0.2) is 49.8 Å². The van der Waals surface area contributed by atoms with E-state index in [1.165, 1.54) is 0 Å². The van der Waals surface area contributed by atoms with E-state index < -0.39 is 99.0 Å². The quantitative estimate of drug-likeness (QED) is 0.0839. The van der Waals surface area contributed by atoms with Crippen LogP contribution in [0.2, 0.25) is 0 Å². The van der Waals surface area contributed by atoms with Gasteiger partial charge in [-0.25, -0.2) is 0 Å². The van der Waals surface area contributed by atoms with Crippen molar-refractivity contribution in [2.24, 2.45) is 95.2 Å². The highest BCUT2D eigenvalue weighted by atomic mass is 16.3. The lowest BCUT2D eigenvalue weighted by molar-refractivity contribution is -0.123. The maximum absolute atomic E-state index is 13.3. The molecule has 0 saturated carbocycles. The van der Waals surface area contributed by atoms with Gasteiger partial charge in [0.25, 0.3) is 0 Å². The van der Waals surface area contributed by atoms with Gasteiger partial charge in [0.2, 0.25) is 41.4 Å². The van der Waals surface area contributed by atoms with Gasteiger partial charge in [-0.3, -0.25) is 48.5 Å². The number of rotatable bonds is 20.